The maximum atomic E-state index is 10.9. The second-order valence-electron chi connectivity index (χ2n) is 5.69. The summed E-state index contributed by atoms with van der Waals surface area (Å²) in [4.78, 5) is 19.3. The predicted molar refractivity (Wildman–Crippen MR) is 87.5 cm³/mol. The number of nitrogen functional groups attached to an aromatic ring is 1. The molecule has 118 valence electrons. The molecule has 21 heavy (non-hydrogen) atoms. The smallest absolute Gasteiger partial charge is 0.216 e. The summed E-state index contributed by atoms with van der Waals surface area (Å²) in [5, 5.41) is 3.58. The molecule has 1 aliphatic carbocycles. The first-order chi connectivity index (χ1) is 10.1. The largest absolute Gasteiger partial charge is 0.375 e. The standard InChI is InChI=1S/C15H26N4OS/c1-3-8-19(9-4-7-17-11(2)20)12-5-6-13-14(10-12)21-15(16)18-13/h12H,3-10H2,1-2H3,(H2,16,18)(H,17,20). The van der Waals surface area contributed by atoms with Gasteiger partial charge in [0.2, 0.25) is 5.91 Å². The molecule has 0 saturated carbocycles. The maximum Gasteiger partial charge on any atom is 0.216 e. The number of rotatable bonds is 7. The summed E-state index contributed by atoms with van der Waals surface area (Å²) in [6.07, 6.45) is 5.45. The molecule has 0 aromatic carbocycles. The fraction of sp³-hybridized carbons (Fsp3) is 0.733. The van der Waals surface area contributed by atoms with E-state index < -0.39 is 0 Å². The van der Waals surface area contributed by atoms with E-state index in [9.17, 15) is 4.79 Å². The van der Waals surface area contributed by atoms with Crippen LogP contribution < -0.4 is 11.1 Å². The van der Waals surface area contributed by atoms with E-state index in [0.29, 0.717) is 11.2 Å². The number of hydrogen-bond acceptors (Lipinski definition) is 5. The summed E-state index contributed by atoms with van der Waals surface area (Å²) < 4.78 is 0. The highest BCUT2D eigenvalue weighted by Gasteiger charge is 2.26. The van der Waals surface area contributed by atoms with Gasteiger partial charge in [0.15, 0.2) is 5.13 Å². The molecule has 2 rings (SSSR count). The number of thiazole rings is 1. The van der Waals surface area contributed by atoms with Crippen LogP contribution in [0.15, 0.2) is 0 Å². The molecule has 3 N–H and O–H groups in total. The van der Waals surface area contributed by atoms with Crippen LogP contribution in [0.2, 0.25) is 0 Å². The highest BCUT2D eigenvalue weighted by Crippen LogP contribution is 2.30. The number of amides is 1. The minimum Gasteiger partial charge on any atom is -0.375 e. The van der Waals surface area contributed by atoms with Crippen molar-refractivity contribution < 1.29 is 4.79 Å². The van der Waals surface area contributed by atoms with Crippen molar-refractivity contribution in [2.24, 2.45) is 0 Å². The lowest BCUT2D eigenvalue weighted by molar-refractivity contribution is -0.118. The minimum atomic E-state index is 0.0551. The quantitative estimate of drug-likeness (QED) is 0.754. The molecule has 1 unspecified atom stereocenters. The average Bonchev–Trinajstić information content (AvgIpc) is 2.81. The van der Waals surface area contributed by atoms with Crippen molar-refractivity contribution in [1.82, 2.24) is 15.2 Å². The van der Waals surface area contributed by atoms with Gasteiger partial charge in [-0.25, -0.2) is 4.98 Å². The molecule has 0 spiro atoms. The molecule has 0 bridgehead atoms. The molecule has 0 aliphatic heterocycles. The zero-order valence-corrected chi connectivity index (χ0v) is 13.8. The summed E-state index contributed by atoms with van der Waals surface area (Å²) >= 11 is 1.64. The Balaban J connectivity index is 1.88. The minimum absolute atomic E-state index is 0.0551. The van der Waals surface area contributed by atoms with Crippen molar-refractivity contribution >= 4 is 22.4 Å². The molecule has 1 aromatic heterocycles. The lowest BCUT2D eigenvalue weighted by atomic mass is 9.96. The van der Waals surface area contributed by atoms with Gasteiger partial charge >= 0.3 is 0 Å². The highest BCUT2D eigenvalue weighted by atomic mass is 32.1. The number of nitrogens with two attached hydrogens (primary N) is 1. The molecule has 0 radical (unpaired) electrons. The first kappa shape index (κ1) is 16.2. The number of nitrogens with zero attached hydrogens (tertiary/aromatic N) is 2. The van der Waals surface area contributed by atoms with E-state index in [2.05, 4.69) is 22.1 Å². The van der Waals surface area contributed by atoms with Crippen molar-refractivity contribution in [2.75, 3.05) is 25.4 Å². The average molecular weight is 310 g/mol. The van der Waals surface area contributed by atoms with Gasteiger partial charge in [0, 0.05) is 30.9 Å². The van der Waals surface area contributed by atoms with Gasteiger partial charge in [-0.3, -0.25) is 9.69 Å². The number of nitrogens with one attached hydrogen (secondary N) is 1. The van der Waals surface area contributed by atoms with Crippen LogP contribution in [0.4, 0.5) is 5.13 Å². The Morgan fingerprint density at radius 1 is 1.52 bits per heavy atom. The molecule has 6 heteroatoms. The third kappa shape index (κ3) is 4.68. The lowest BCUT2D eigenvalue weighted by Gasteiger charge is -2.33. The molecule has 1 heterocycles. The maximum absolute atomic E-state index is 10.9. The Morgan fingerprint density at radius 2 is 2.33 bits per heavy atom. The highest BCUT2D eigenvalue weighted by molar-refractivity contribution is 7.15. The number of anilines is 1. The van der Waals surface area contributed by atoms with Crippen LogP contribution in [0.1, 0.15) is 43.7 Å². The van der Waals surface area contributed by atoms with E-state index in [1.165, 1.54) is 10.6 Å². The molecule has 1 aliphatic rings. The summed E-state index contributed by atoms with van der Waals surface area (Å²) in [7, 11) is 0. The predicted octanol–water partition coefficient (Wildman–Crippen LogP) is 1.82. The third-order valence-electron chi connectivity index (χ3n) is 3.95. The van der Waals surface area contributed by atoms with E-state index in [0.717, 1.165) is 51.7 Å². The third-order valence-corrected chi connectivity index (χ3v) is 4.90. The molecule has 1 atom stereocenters. The van der Waals surface area contributed by atoms with Crippen molar-refractivity contribution in [3.63, 3.8) is 0 Å². The fourth-order valence-corrected chi connectivity index (χ4v) is 3.95. The molecule has 5 nitrogen and oxygen atoms in total. The van der Waals surface area contributed by atoms with Crippen LogP contribution >= 0.6 is 11.3 Å². The van der Waals surface area contributed by atoms with Gasteiger partial charge in [-0.2, -0.15) is 0 Å². The second kappa shape index (κ2) is 7.75. The van der Waals surface area contributed by atoms with Crippen LogP contribution in [-0.4, -0.2) is 41.5 Å². The van der Waals surface area contributed by atoms with Gasteiger partial charge < -0.3 is 11.1 Å². The number of hydrogen-bond donors (Lipinski definition) is 2. The number of carbonyl (C=O) groups excluding carboxylic acids is 1. The lowest BCUT2D eigenvalue weighted by Crippen LogP contribution is -2.41. The van der Waals surface area contributed by atoms with Gasteiger partial charge in [0.05, 0.1) is 5.69 Å². The number of carbonyl (C=O) groups is 1. The van der Waals surface area contributed by atoms with Gasteiger partial charge in [-0.15, -0.1) is 11.3 Å². The molecule has 0 saturated heterocycles. The van der Waals surface area contributed by atoms with Crippen LogP contribution in [0.25, 0.3) is 0 Å². The van der Waals surface area contributed by atoms with E-state index >= 15 is 0 Å². The second-order valence-corrected chi connectivity index (χ2v) is 6.81. The van der Waals surface area contributed by atoms with Crippen molar-refractivity contribution in [1.29, 1.82) is 0 Å². The van der Waals surface area contributed by atoms with Gasteiger partial charge in [0.1, 0.15) is 0 Å². The Bertz CT molecular complexity index is 474. The monoisotopic (exact) mass is 310 g/mol. The fourth-order valence-electron chi connectivity index (χ4n) is 3.00. The Labute approximate surface area is 130 Å². The molecule has 0 fully saturated rings. The Morgan fingerprint density at radius 3 is 3.05 bits per heavy atom. The van der Waals surface area contributed by atoms with E-state index in [4.69, 9.17) is 5.73 Å². The zero-order chi connectivity index (χ0) is 15.2. The van der Waals surface area contributed by atoms with Crippen molar-refractivity contribution in [3.05, 3.63) is 10.6 Å². The summed E-state index contributed by atoms with van der Waals surface area (Å²) in [6, 6.07) is 0.592. The first-order valence-electron chi connectivity index (χ1n) is 7.82. The number of aryl methyl sites for hydroxylation is 1. The number of aromatic nitrogens is 1. The Kier molecular flexibility index (Phi) is 5.99. The van der Waals surface area contributed by atoms with Gasteiger partial charge in [0.25, 0.3) is 0 Å². The zero-order valence-electron chi connectivity index (χ0n) is 13.0. The summed E-state index contributed by atoms with van der Waals surface area (Å²) in [5.41, 5.74) is 7.03. The molecule has 1 amide bonds. The van der Waals surface area contributed by atoms with Gasteiger partial charge in [-0.1, -0.05) is 6.92 Å². The van der Waals surface area contributed by atoms with E-state index in [-0.39, 0.29) is 5.91 Å². The number of fused-ring (bicyclic) bond motifs is 1. The normalized spacial score (nSPS) is 17.8. The summed E-state index contributed by atoms with van der Waals surface area (Å²) in [5.74, 6) is 0.0551. The van der Waals surface area contributed by atoms with E-state index in [1.807, 2.05) is 0 Å². The SMILES string of the molecule is CCCN(CCCNC(C)=O)C1CCc2nc(N)sc2C1. The molecule has 1 aromatic rings. The van der Waals surface area contributed by atoms with Crippen LogP contribution in [0.5, 0.6) is 0 Å². The molecular weight excluding hydrogens is 284 g/mol. The molecular formula is C15H26N4OS. The van der Waals surface area contributed by atoms with Crippen molar-refractivity contribution in [2.45, 2.75) is 52.0 Å². The van der Waals surface area contributed by atoms with Crippen molar-refractivity contribution in [3.8, 4) is 0 Å². The first-order valence-corrected chi connectivity index (χ1v) is 8.64. The van der Waals surface area contributed by atoms with E-state index in [1.54, 1.807) is 18.3 Å². The summed E-state index contributed by atoms with van der Waals surface area (Å²) in [6.45, 7) is 6.72. The van der Waals surface area contributed by atoms with Crippen LogP contribution in [0, 0.1) is 0 Å². The van der Waals surface area contributed by atoms with Crippen LogP contribution in [-0.2, 0) is 17.6 Å². The Hall–Kier alpha value is -1.14. The van der Waals surface area contributed by atoms with Crippen LogP contribution in [0.3, 0.4) is 0 Å². The topological polar surface area (TPSA) is 71.2 Å². The van der Waals surface area contributed by atoms with Gasteiger partial charge in [-0.05, 0) is 38.6 Å².